The molecule has 6 rings (SSSR count). The van der Waals surface area contributed by atoms with Gasteiger partial charge in [0.25, 0.3) is 5.91 Å². The molecule has 8 heteroatoms. The van der Waals surface area contributed by atoms with Gasteiger partial charge in [0.1, 0.15) is 11.3 Å². The standard InChI is InChI=1S/C27H41N7O/c35-26-24-17-21-18-29-27(31-25(21)34(24)12-4-2-1-3-11-28-26)30-22-7-9-23(10-8-22)33-15-13-32(14-16-33)19-20-5-6-20/h17-18,20,22-23H,1-16,19H2,(H,28,35)(H,29,30,31)/t22-,23+. The van der Waals surface area contributed by atoms with E-state index in [1.54, 1.807) is 0 Å². The summed E-state index contributed by atoms with van der Waals surface area (Å²) in [4.78, 5) is 27.7. The molecular formula is C27H41N7O. The summed E-state index contributed by atoms with van der Waals surface area (Å²) in [6.45, 7) is 7.90. The first-order chi connectivity index (χ1) is 17.2. The molecule has 2 aliphatic carbocycles. The molecule has 35 heavy (non-hydrogen) atoms. The van der Waals surface area contributed by atoms with E-state index in [0.29, 0.717) is 17.7 Å². The van der Waals surface area contributed by atoms with E-state index < -0.39 is 0 Å². The van der Waals surface area contributed by atoms with Gasteiger partial charge < -0.3 is 20.1 Å². The highest BCUT2D eigenvalue weighted by atomic mass is 16.1. The Morgan fingerprint density at radius 3 is 2.54 bits per heavy atom. The Morgan fingerprint density at radius 2 is 1.74 bits per heavy atom. The maximum atomic E-state index is 12.7. The minimum absolute atomic E-state index is 0.00565. The summed E-state index contributed by atoms with van der Waals surface area (Å²) in [5.74, 6) is 1.71. The molecule has 0 bridgehead atoms. The molecule has 2 aromatic rings. The Kier molecular flexibility index (Phi) is 6.92. The number of fused-ring (bicyclic) bond motifs is 3. The number of amides is 1. The van der Waals surface area contributed by atoms with Gasteiger partial charge in [-0.3, -0.25) is 9.69 Å². The second-order valence-electron chi connectivity index (χ2n) is 11.3. The fourth-order valence-corrected chi connectivity index (χ4v) is 6.31. The number of carbonyl (C=O) groups excluding carboxylic acids is 1. The maximum absolute atomic E-state index is 12.7. The summed E-state index contributed by atoms with van der Waals surface area (Å²) in [7, 11) is 0. The lowest BCUT2D eigenvalue weighted by atomic mass is 9.90. The van der Waals surface area contributed by atoms with Crippen molar-refractivity contribution >= 4 is 22.9 Å². The Labute approximate surface area is 208 Å². The molecule has 1 amide bonds. The topological polar surface area (TPSA) is 78.3 Å². The summed E-state index contributed by atoms with van der Waals surface area (Å²) in [6.07, 6.45) is 14.1. The van der Waals surface area contributed by atoms with Crippen molar-refractivity contribution in [2.75, 3.05) is 44.6 Å². The van der Waals surface area contributed by atoms with Crippen LogP contribution in [0.2, 0.25) is 0 Å². The number of anilines is 1. The van der Waals surface area contributed by atoms with Gasteiger partial charge in [0, 0.05) is 69.5 Å². The Hall–Kier alpha value is -2.19. The fourth-order valence-electron chi connectivity index (χ4n) is 6.31. The van der Waals surface area contributed by atoms with Crippen molar-refractivity contribution in [2.24, 2.45) is 5.92 Å². The summed E-state index contributed by atoms with van der Waals surface area (Å²) in [5, 5.41) is 7.64. The molecule has 4 heterocycles. The number of hydrogen-bond acceptors (Lipinski definition) is 6. The molecule has 2 aliphatic heterocycles. The zero-order chi connectivity index (χ0) is 23.6. The average Bonchev–Trinajstić information content (AvgIpc) is 3.63. The highest BCUT2D eigenvalue weighted by molar-refractivity contribution is 5.98. The van der Waals surface area contributed by atoms with Crippen LogP contribution in [0.15, 0.2) is 12.3 Å². The number of nitrogens with zero attached hydrogens (tertiary/aromatic N) is 5. The first-order valence-corrected chi connectivity index (χ1v) is 14.1. The van der Waals surface area contributed by atoms with Crippen molar-refractivity contribution in [3.05, 3.63) is 18.0 Å². The number of hydrogen-bond donors (Lipinski definition) is 2. The van der Waals surface area contributed by atoms with Crippen LogP contribution in [-0.2, 0) is 6.54 Å². The number of piperazine rings is 1. The molecular weight excluding hydrogens is 438 g/mol. The van der Waals surface area contributed by atoms with Gasteiger partial charge in [-0.1, -0.05) is 12.8 Å². The van der Waals surface area contributed by atoms with E-state index >= 15 is 0 Å². The van der Waals surface area contributed by atoms with E-state index in [0.717, 1.165) is 55.3 Å². The third-order valence-electron chi connectivity index (χ3n) is 8.63. The molecule has 1 saturated heterocycles. The van der Waals surface area contributed by atoms with Crippen molar-refractivity contribution in [1.82, 2.24) is 29.7 Å². The van der Waals surface area contributed by atoms with Crippen molar-refractivity contribution in [3.63, 3.8) is 0 Å². The normalized spacial score (nSPS) is 27.4. The lowest BCUT2D eigenvalue weighted by Crippen LogP contribution is -2.52. The van der Waals surface area contributed by atoms with Crippen LogP contribution in [-0.4, -0.2) is 81.6 Å². The highest BCUT2D eigenvalue weighted by Crippen LogP contribution is 2.31. The zero-order valence-corrected chi connectivity index (χ0v) is 21.1. The SMILES string of the molecule is O=C1NCCCCCCn2c1cc1cnc(N[C@H]3CC[C@@H](N4CCN(CC5CC5)CC4)CC3)nc12. The molecule has 3 fully saturated rings. The van der Waals surface area contributed by atoms with Crippen LogP contribution in [0.4, 0.5) is 5.95 Å². The van der Waals surface area contributed by atoms with Crippen LogP contribution in [0, 0.1) is 5.92 Å². The zero-order valence-electron chi connectivity index (χ0n) is 21.1. The first kappa shape index (κ1) is 23.2. The predicted molar refractivity (Wildman–Crippen MR) is 139 cm³/mol. The number of carbonyl (C=O) groups is 1. The van der Waals surface area contributed by atoms with Gasteiger partial charge in [-0.2, -0.15) is 4.98 Å². The minimum atomic E-state index is 0.00565. The van der Waals surface area contributed by atoms with E-state index in [2.05, 4.69) is 30.0 Å². The van der Waals surface area contributed by atoms with Gasteiger partial charge in [0.2, 0.25) is 5.95 Å². The van der Waals surface area contributed by atoms with Crippen LogP contribution in [0.1, 0.15) is 74.7 Å². The van der Waals surface area contributed by atoms with E-state index in [4.69, 9.17) is 4.98 Å². The fraction of sp³-hybridized carbons (Fsp3) is 0.741. The third kappa shape index (κ3) is 5.48. The van der Waals surface area contributed by atoms with Gasteiger partial charge in [-0.15, -0.1) is 0 Å². The van der Waals surface area contributed by atoms with Crippen molar-refractivity contribution in [2.45, 2.75) is 82.8 Å². The monoisotopic (exact) mass is 479 g/mol. The summed E-state index contributed by atoms with van der Waals surface area (Å²) in [6, 6.07) is 3.11. The van der Waals surface area contributed by atoms with Gasteiger partial charge in [0.15, 0.2) is 0 Å². The lowest BCUT2D eigenvalue weighted by Gasteiger charge is -2.42. The average molecular weight is 480 g/mol. The summed E-state index contributed by atoms with van der Waals surface area (Å²) < 4.78 is 2.10. The predicted octanol–water partition coefficient (Wildman–Crippen LogP) is 3.49. The minimum Gasteiger partial charge on any atom is -0.351 e. The van der Waals surface area contributed by atoms with Crippen LogP contribution in [0.25, 0.3) is 11.0 Å². The molecule has 0 radical (unpaired) electrons. The Morgan fingerprint density at radius 1 is 0.943 bits per heavy atom. The van der Waals surface area contributed by atoms with Gasteiger partial charge >= 0.3 is 0 Å². The van der Waals surface area contributed by atoms with Crippen molar-refractivity contribution in [3.8, 4) is 0 Å². The second-order valence-corrected chi connectivity index (χ2v) is 11.3. The molecule has 2 N–H and O–H groups in total. The van der Waals surface area contributed by atoms with Crippen molar-refractivity contribution in [1.29, 1.82) is 0 Å². The molecule has 2 saturated carbocycles. The van der Waals surface area contributed by atoms with Crippen LogP contribution in [0.3, 0.4) is 0 Å². The molecule has 190 valence electrons. The third-order valence-corrected chi connectivity index (χ3v) is 8.63. The Balaban J connectivity index is 1.06. The molecule has 0 aromatic carbocycles. The van der Waals surface area contributed by atoms with Gasteiger partial charge in [0.05, 0.1) is 0 Å². The number of rotatable bonds is 5. The maximum Gasteiger partial charge on any atom is 0.267 e. The molecule has 0 spiro atoms. The molecule has 0 atom stereocenters. The molecule has 8 nitrogen and oxygen atoms in total. The number of aryl methyl sites for hydroxylation is 1. The van der Waals surface area contributed by atoms with E-state index in [-0.39, 0.29) is 5.91 Å². The number of aromatic nitrogens is 3. The van der Waals surface area contributed by atoms with Gasteiger partial charge in [-0.05, 0) is 63.4 Å². The largest absolute Gasteiger partial charge is 0.351 e. The van der Waals surface area contributed by atoms with Crippen LogP contribution >= 0.6 is 0 Å². The van der Waals surface area contributed by atoms with E-state index in [1.807, 2.05) is 12.3 Å². The second kappa shape index (κ2) is 10.4. The van der Waals surface area contributed by atoms with Crippen LogP contribution in [0.5, 0.6) is 0 Å². The summed E-state index contributed by atoms with van der Waals surface area (Å²) in [5.41, 5.74) is 1.59. The molecule has 2 aromatic heterocycles. The smallest absolute Gasteiger partial charge is 0.267 e. The lowest BCUT2D eigenvalue weighted by molar-refractivity contribution is 0.0752. The first-order valence-electron chi connectivity index (χ1n) is 14.1. The van der Waals surface area contributed by atoms with E-state index in [9.17, 15) is 4.79 Å². The molecule has 0 unspecified atom stereocenters. The quantitative estimate of drug-likeness (QED) is 0.684. The van der Waals surface area contributed by atoms with E-state index in [1.165, 1.54) is 77.7 Å². The van der Waals surface area contributed by atoms with Crippen LogP contribution < -0.4 is 10.6 Å². The van der Waals surface area contributed by atoms with Crippen molar-refractivity contribution < 1.29 is 4.79 Å². The summed E-state index contributed by atoms with van der Waals surface area (Å²) >= 11 is 0. The highest BCUT2D eigenvalue weighted by Gasteiger charge is 2.31. The number of nitrogens with one attached hydrogen (secondary N) is 2. The Bertz CT molecular complexity index is 1020. The van der Waals surface area contributed by atoms with Gasteiger partial charge in [-0.25, -0.2) is 4.98 Å². The molecule has 4 aliphatic rings.